The van der Waals surface area contributed by atoms with E-state index in [2.05, 4.69) is 30.8 Å². The molecule has 2 aromatic rings. The van der Waals surface area contributed by atoms with Gasteiger partial charge < -0.3 is 5.32 Å². The van der Waals surface area contributed by atoms with Crippen LogP contribution in [0.1, 0.15) is 15.2 Å². The Labute approximate surface area is 109 Å². The van der Waals surface area contributed by atoms with Crippen molar-refractivity contribution in [1.29, 1.82) is 5.26 Å². The molecule has 1 heterocycles. The molecule has 0 radical (unpaired) electrons. The summed E-state index contributed by atoms with van der Waals surface area (Å²) < 4.78 is 4.39. The molecule has 84 valence electrons. The molecule has 1 aromatic carbocycles. The summed E-state index contributed by atoms with van der Waals surface area (Å²) >= 11 is 4.28. The van der Waals surface area contributed by atoms with Crippen LogP contribution >= 0.6 is 27.5 Å². The minimum Gasteiger partial charge on any atom is -0.320 e. The predicted molar refractivity (Wildman–Crippen MR) is 66.7 cm³/mol. The van der Waals surface area contributed by atoms with Gasteiger partial charge in [-0.05, 0) is 29.7 Å². The second kappa shape index (κ2) is 5.03. The lowest BCUT2D eigenvalue weighted by atomic mass is 10.2. The highest BCUT2D eigenvalue weighted by atomic mass is 79.9. The lowest BCUT2D eigenvalue weighted by Crippen LogP contribution is -2.11. The average Bonchev–Trinajstić information content (AvgIpc) is 2.83. The van der Waals surface area contributed by atoms with Crippen molar-refractivity contribution in [3.63, 3.8) is 0 Å². The number of amides is 1. The van der Waals surface area contributed by atoms with Crippen LogP contribution in [0.5, 0.6) is 0 Å². The Morgan fingerprint density at radius 1 is 1.53 bits per heavy atom. The molecular formula is C10H5BrN4OS. The second-order valence-corrected chi connectivity index (χ2v) is 4.74. The SMILES string of the molecule is N#Cc1ccc(Br)cc1NC(=O)c1cnns1. The van der Waals surface area contributed by atoms with Crippen LogP contribution in [0.25, 0.3) is 0 Å². The average molecular weight is 309 g/mol. The van der Waals surface area contributed by atoms with Crippen molar-refractivity contribution in [3.05, 3.63) is 39.3 Å². The van der Waals surface area contributed by atoms with Gasteiger partial charge in [0.15, 0.2) is 0 Å². The first-order chi connectivity index (χ1) is 8.20. The fraction of sp³-hybridized carbons (Fsp3) is 0. The van der Waals surface area contributed by atoms with E-state index in [0.717, 1.165) is 16.0 Å². The van der Waals surface area contributed by atoms with Gasteiger partial charge in [-0.3, -0.25) is 4.79 Å². The number of anilines is 1. The highest BCUT2D eigenvalue weighted by molar-refractivity contribution is 9.10. The molecule has 0 aliphatic rings. The van der Waals surface area contributed by atoms with Gasteiger partial charge in [-0.25, -0.2) is 0 Å². The fourth-order valence-corrected chi connectivity index (χ4v) is 1.94. The summed E-state index contributed by atoms with van der Waals surface area (Å²) in [5.74, 6) is -0.324. The molecule has 2 rings (SSSR count). The Hall–Kier alpha value is -1.78. The number of hydrogen-bond acceptors (Lipinski definition) is 5. The Bertz CT molecular complexity index is 591. The van der Waals surface area contributed by atoms with E-state index in [4.69, 9.17) is 5.26 Å². The summed E-state index contributed by atoms with van der Waals surface area (Å²) in [4.78, 5) is 12.1. The second-order valence-electron chi connectivity index (χ2n) is 3.04. The number of carbonyl (C=O) groups is 1. The molecule has 17 heavy (non-hydrogen) atoms. The molecule has 0 aliphatic heterocycles. The van der Waals surface area contributed by atoms with E-state index in [9.17, 15) is 4.79 Å². The Kier molecular flexibility index (Phi) is 3.46. The lowest BCUT2D eigenvalue weighted by Gasteiger charge is -2.05. The van der Waals surface area contributed by atoms with Gasteiger partial charge in [0.1, 0.15) is 10.9 Å². The summed E-state index contributed by atoms with van der Waals surface area (Å²) in [5, 5.41) is 15.1. The molecular weight excluding hydrogens is 304 g/mol. The summed E-state index contributed by atoms with van der Waals surface area (Å²) in [7, 11) is 0. The van der Waals surface area contributed by atoms with E-state index in [0.29, 0.717) is 16.1 Å². The van der Waals surface area contributed by atoms with Gasteiger partial charge in [0.05, 0.1) is 17.4 Å². The maximum atomic E-state index is 11.7. The van der Waals surface area contributed by atoms with Gasteiger partial charge >= 0.3 is 0 Å². The van der Waals surface area contributed by atoms with Crippen LogP contribution in [-0.2, 0) is 0 Å². The van der Waals surface area contributed by atoms with Crippen LogP contribution in [0.4, 0.5) is 5.69 Å². The quantitative estimate of drug-likeness (QED) is 0.924. The molecule has 1 N–H and O–H groups in total. The zero-order chi connectivity index (χ0) is 12.3. The Morgan fingerprint density at radius 2 is 2.35 bits per heavy atom. The number of benzene rings is 1. The smallest absolute Gasteiger partial charge is 0.269 e. The van der Waals surface area contributed by atoms with Gasteiger partial charge in [-0.1, -0.05) is 20.4 Å². The third-order valence-corrected chi connectivity index (χ3v) is 3.09. The standard InChI is InChI=1S/C10H5BrN4OS/c11-7-2-1-6(4-12)8(3-7)14-10(16)9-5-13-15-17-9/h1-3,5H,(H,14,16). The van der Waals surface area contributed by atoms with E-state index in [1.165, 1.54) is 6.20 Å². The molecule has 1 aromatic heterocycles. The summed E-state index contributed by atoms with van der Waals surface area (Å²) in [6.45, 7) is 0. The molecule has 1 amide bonds. The molecule has 0 aliphatic carbocycles. The summed E-state index contributed by atoms with van der Waals surface area (Å²) in [6, 6.07) is 7.05. The van der Waals surface area contributed by atoms with Crippen molar-refractivity contribution in [3.8, 4) is 6.07 Å². The van der Waals surface area contributed by atoms with Crippen LogP contribution in [-0.4, -0.2) is 15.5 Å². The zero-order valence-electron chi connectivity index (χ0n) is 8.35. The Morgan fingerprint density at radius 3 is 3.00 bits per heavy atom. The van der Waals surface area contributed by atoms with Crippen LogP contribution in [0.2, 0.25) is 0 Å². The van der Waals surface area contributed by atoms with Gasteiger partial charge in [0.25, 0.3) is 5.91 Å². The van der Waals surface area contributed by atoms with Crippen LogP contribution in [0, 0.1) is 11.3 Å². The van der Waals surface area contributed by atoms with Crippen molar-refractivity contribution >= 4 is 39.1 Å². The van der Waals surface area contributed by atoms with E-state index < -0.39 is 0 Å². The van der Waals surface area contributed by atoms with Crippen LogP contribution in [0.3, 0.4) is 0 Å². The van der Waals surface area contributed by atoms with Crippen LogP contribution in [0.15, 0.2) is 28.9 Å². The molecule has 0 saturated heterocycles. The van der Waals surface area contributed by atoms with E-state index in [-0.39, 0.29) is 5.91 Å². The number of nitrogens with zero attached hydrogens (tertiary/aromatic N) is 3. The fourth-order valence-electron chi connectivity index (χ4n) is 1.17. The van der Waals surface area contributed by atoms with Crippen molar-refractivity contribution in [1.82, 2.24) is 9.59 Å². The Balaban J connectivity index is 2.27. The van der Waals surface area contributed by atoms with Gasteiger partial charge in [-0.2, -0.15) is 5.26 Å². The number of aromatic nitrogens is 2. The molecule has 0 unspecified atom stereocenters. The first-order valence-electron chi connectivity index (χ1n) is 4.49. The number of halogens is 1. The molecule has 0 spiro atoms. The van der Waals surface area contributed by atoms with Crippen molar-refractivity contribution in [2.45, 2.75) is 0 Å². The topological polar surface area (TPSA) is 78.7 Å². The maximum Gasteiger partial charge on any atom is 0.269 e. The molecule has 0 atom stereocenters. The summed E-state index contributed by atoms with van der Waals surface area (Å²) in [6.07, 6.45) is 1.38. The van der Waals surface area contributed by atoms with Gasteiger partial charge in [0, 0.05) is 4.47 Å². The number of carbonyl (C=O) groups excluding carboxylic acids is 1. The highest BCUT2D eigenvalue weighted by Crippen LogP contribution is 2.21. The summed E-state index contributed by atoms with van der Waals surface area (Å²) in [5.41, 5.74) is 0.860. The largest absolute Gasteiger partial charge is 0.320 e. The van der Waals surface area contributed by atoms with Crippen molar-refractivity contribution in [2.75, 3.05) is 5.32 Å². The van der Waals surface area contributed by atoms with Gasteiger partial charge in [-0.15, -0.1) is 5.10 Å². The molecule has 0 saturated carbocycles. The molecule has 7 heteroatoms. The van der Waals surface area contributed by atoms with Crippen molar-refractivity contribution < 1.29 is 4.79 Å². The molecule has 5 nitrogen and oxygen atoms in total. The number of nitriles is 1. The number of nitrogens with one attached hydrogen (secondary N) is 1. The first-order valence-corrected chi connectivity index (χ1v) is 6.05. The third kappa shape index (κ3) is 2.67. The number of rotatable bonds is 2. The monoisotopic (exact) mass is 308 g/mol. The first kappa shape index (κ1) is 11.7. The lowest BCUT2D eigenvalue weighted by molar-refractivity contribution is 0.103. The maximum absolute atomic E-state index is 11.7. The highest BCUT2D eigenvalue weighted by Gasteiger charge is 2.11. The van der Waals surface area contributed by atoms with E-state index >= 15 is 0 Å². The zero-order valence-corrected chi connectivity index (χ0v) is 10.7. The number of hydrogen-bond donors (Lipinski definition) is 1. The van der Waals surface area contributed by atoms with Gasteiger partial charge in [0.2, 0.25) is 0 Å². The molecule has 0 bridgehead atoms. The minimum atomic E-state index is -0.324. The van der Waals surface area contributed by atoms with Crippen molar-refractivity contribution in [2.24, 2.45) is 0 Å². The third-order valence-electron chi connectivity index (χ3n) is 1.94. The minimum absolute atomic E-state index is 0.324. The predicted octanol–water partition coefficient (Wildman–Crippen LogP) is 2.42. The normalized spacial score (nSPS) is 9.65. The van der Waals surface area contributed by atoms with E-state index in [1.807, 2.05) is 6.07 Å². The molecule has 0 fully saturated rings. The van der Waals surface area contributed by atoms with Crippen LogP contribution < -0.4 is 5.32 Å². The van der Waals surface area contributed by atoms with E-state index in [1.54, 1.807) is 18.2 Å².